The molecule has 7 aliphatic heterocycles. The summed E-state index contributed by atoms with van der Waals surface area (Å²) >= 11 is 0. The predicted molar refractivity (Wildman–Crippen MR) is 616 cm³/mol. The van der Waals surface area contributed by atoms with Crippen LogP contribution in [0.4, 0.5) is 51.1 Å². The Morgan fingerprint density at radius 1 is 0.295 bits per heavy atom. The van der Waals surface area contributed by atoms with E-state index in [1.807, 2.05) is 92.5 Å². The molecule has 2 aliphatic carbocycles. The van der Waals surface area contributed by atoms with E-state index in [-0.39, 0.29) is 29.2 Å². The molecule has 11 N–H and O–H groups in total. The van der Waals surface area contributed by atoms with Crippen LogP contribution in [-0.2, 0) is 9.59 Å². The number of carbonyl (C=O) groups is 2. The third-order valence-electron chi connectivity index (χ3n) is 27.7. The van der Waals surface area contributed by atoms with Crippen molar-refractivity contribution in [1.82, 2.24) is 108 Å². The summed E-state index contributed by atoms with van der Waals surface area (Å²) in [5, 5.41) is 34.9. The zero-order valence-corrected chi connectivity index (χ0v) is 95.6. The van der Waals surface area contributed by atoms with E-state index in [0.29, 0.717) is 101 Å². The highest BCUT2D eigenvalue weighted by Crippen LogP contribution is 2.31. The molecule has 15 heterocycles. The SMILES string of the molecule is CC(C)NC1(C)CCN(c2ccccn2)CC1.CC(C)NC1(C)CCN(c2ccccn2)CC1.CC(C)NC1(C)CCN(c2cnccn2)CC1.CC(C)NC1(C)CCN(c2ncccn2)CC1.CC(C)NC1CCCC1=O.CC(C)NC1CCCCC1=O.CC(C)NC1CCN(c2ccccn2)CC1.CC(C)NC1CCN(c2cnccn2)CC1.CC(C)NC1CCN(c2ncccn2)CC1.CC(C)Nc1cc(F)[nH]c(=O)c1. The lowest BCUT2D eigenvalue weighted by atomic mass is 9.89. The Hall–Kier alpha value is -9.97. The van der Waals surface area contributed by atoms with Crippen molar-refractivity contribution in [3.05, 3.63) is 176 Å². The number of ketones is 2. The lowest BCUT2D eigenvalue weighted by molar-refractivity contribution is -0.122. The summed E-state index contributed by atoms with van der Waals surface area (Å²) in [6.07, 6.45) is 47.0. The number of nitrogens with zero attached hydrogens (tertiary/aromatic N) is 18. The largest absolute Gasteiger partial charge is 0.383 e. The molecular weight excluding hydrogens is 1870 g/mol. The fourth-order valence-electron chi connectivity index (χ4n) is 20.8. The molecule has 32 nitrogen and oxygen atoms in total. The molecule has 0 spiro atoms. The lowest BCUT2D eigenvalue weighted by Gasteiger charge is -2.41. The standard InChI is InChI=1S/2C14H23N3.2C13H22N4.C13H21N3.2C12H20N4.C9H17NO.C8H11FN2O.C8H15NO/c2*1-12(2)16-14(3)7-10-17(11-8-14)13-6-4-5-9-15-13;1-11(2)16-13(3)4-8-17(9-5-13)12-10-14-6-7-15-12;1-11(2)16-13(3)5-9-17(10-6-13)12-14-7-4-8-15-12;1-11(2)15-12-6-9-16(10-7-12)13-5-3-4-8-14-13;1-10(2)15-11-3-7-16(8-4-11)12-9-13-5-6-14-12;1-10(2)15-11-4-8-16(9-5-11)12-13-6-3-7-14-12;1-7(2)10-8-5-3-4-6-9(8)11;1-5(2)10-6-3-7(9)11-8(12)4-6;1-6(2)9-7-4-3-5-8(7)10/h2*4-6,9,12,16H,7-8,10-11H2,1-3H3;6-7,10-11,16H,4-5,8-9H2,1-3H3;4,7-8,11,16H,5-6,9-10H2,1-3H3;3-5,8,11-12,15H,6-7,9-10H2,1-2H3;5-6,9-11,15H,3-4,7-8H2,1-2H3;3,6-7,10-11,15H,4-5,8-9H2,1-2H3;7-8,10H,3-6H2,1-2H3;3-5H,1-2H3,(H2,10,11,12);6-7,9H,3-5H2,1-2H3. The Bertz CT molecular complexity index is 4450. The summed E-state index contributed by atoms with van der Waals surface area (Å²) in [4.78, 5) is 98.7. The molecule has 7 saturated heterocycles. The van der Waals surface area contributed by atoms with Gasteiger partial charge in [0, 0.05) is 291 Å². The summed E-state index contributed by atoms with van der Waals surface area (Å²) in [6, 6.07) is 32.0. The van der Waals surface area contributed by atoms with Crippen molar-refractivity contribution >= 4 is 58.2 Å². The molecule has 2 unspecified atom stereocenters. The van der Waals surface area contributed by atoms with Crippen LogP contribution in [0.2, 0.25) is 0 Å². The van der Waals surface area contributed by atoms with Gasteiger partial charge in [0.25, 0.3) is 5.56 Å². The van der Waals surface area contributed by atoms with Crippen molar-refractivity contribution in [1.29, 1.82) is 0 Å². The number of H-pyrrole nitrogens is 1. The summed E-state index contributed by atoms with van der Waals surface area (Å²) in [6.45, 7) is 67.4. The number of hydrogen-bond acceptors (Lipinski definition) is 31. The van der Waals surface area contributed by atoms with Gasteiger partial charge in [-0.25, -0.2) is 44.9 Å². The van der Waals surface area contributed by atoms with E-state index in [0.717, 1.165) is 197 Å². The van der Waals surface area contributed by atoms with Crippen LogP contribution in [0, 0.1) is 5.95 Å². The third kappa shape index (κ3) is 48.7. The van der Waals surface area contributed by atoms with Crippen LogP contribution in [-0.4, -0.2) is 276 Å². The number of carbonyl (C=O) groups excluding carboxylic acids is 2. The van der Waals surface area contributed by atoms with Gasteiger partial charge in [-0.05, 0) is 206 Å². The van der Waals surface area contributed by atoms with Crippen LogP contribution in [0.5, 0.6) is 0 Å². The molecule has 149 heavy (non-hydrogen) atoms. The second-order valence-electron chi connectivity index (χ2n) is 45.6. The van der Waals surface area contributed by atoms with E-state index < -0.39 is 11.5 Å². The highest BCUT2D eigenvalue weighted by molar-refractivity contribution is 5.86. The van der Waals surface area contributed by atoms with E-state index in [1.54, 1.807) is 37.2 Å². The van der Waals surface area contributed by atoms with Gasteiger partial charge in [-0.15, -0.1) is 0 Å². The Labute approximate surface area is 895 Å². The molecule has 9 fully saturated rings. The van der Waals surface area contributed by atoms with Crippen molar-refractivity contribution in [2.45, 2.75) is 414 Å². The molecule has 8 aromatic heterocycles. The molecule has 33 heteroatoms. The first-order chi connectivity index (χ1) is 71.1. The van der Waals surface area contributed by atoms with Crippen LogP contribution in [0.3, 0.4) is 0 Å². The van der Waals surface area contributed by atoms with Gasteiger partial charge in [0.05, 0.1) is 24.5 Å². The summed E-state index contributed by atoms with van der Waals surface area (Å²) in [5.41, 5.74) is 1.19. The highest BCUT2D eigenvalue weighted by Gasteiger charge is 2.36. The van der Waals surface area contributed by atoms with Crippen molar-refractivity contribution in [3.8, 4) is 0 Å². The molecule has 828 valence electrons. The van der Waals surface area contributed by atoms with Crippen LogP contribution in [0.25, 0.3) is 0 Å². The second kappa shape index (κ2) is 65.4. The van der Waals surface area contributed by atoms with Gasteiger partial charge in [-0.3, -0.25) is 29.3 Å². The summed E-state index contributed by atoms with van der Waals surface area (Å²) in [7, 11) is 0. The van der Waals surface area contributed by atoms with E-state index in [4.69, 9.17) is 0 Å². The Kier molecular flexibility index (Phi) is 54.5. The van der Waals surface area contributed by atoms with Crippen LogP contribution in [0.15, 0.2) is 164 Å². The number of piperidine rings is 7. The molecule has 2 atom stereocenters. The molecular formula is C116H194FN29O3. The van der Waals surface area contributed by atoms with Gasteiger partial charge in [-0.2, -0.15) is 4.39 Å². The fourth-order valence-corrected chi connectivity index (χ4v) is 20.8. The molecule has 0 aromatic carbocycles. The first-order valence-electron chi connectivity index (χ1n) is 56.3. The minimum Gasteiger partial charge on any atom is -0.383 e. The van der Waals surface area contributed by atoms with Crippen LogP contribution >= 0.6 is 0 Å². The van der Waals surface area contributed by atoms with Crippen molar-refractivity contribution in [2.24, 2.45) is 0 Å². The first-order valence-corrected chi connectivity index (χ1v) is 56.3. The van der Waals surface area contributed by atoms with E-state index in [2.05, 4.69) is 331 Å². The van der Waals surface area contributed by atoms with Crippen molar-refractivity contribution in [3.63, 3.8) is 0 Å². The normalized spacial score (nSPS) is 19.3. The van der Waals surface area contributed by atoms with Crippen LogP contribution in [0.1, 0.15) is 301 Å². The maximum Gasteiger partial charge on any atom is 0.252 e. The lowest BCUT2D eigenvalue weighted by Crippen LogP contribution is -2.53. The molecule has 2 saturated carbocycles. The average molecular weight is 2060 g/mol. The Morgan fingerprint density at radius 3 is 0.859 bits per heavy atom. The summed E-state index contributed by atoms with van der Waals surface area (Å²) in [5.74, 6) is 7.25. The second-order valence-corrected chi connectivity index (χ2v) is 45.6. The Balaban J connectivity index is 0.000000202. The molecule has 0 radical (unpaired) electrons. The monoisotopic (exact) mass is 2060 g/mol. The zero-order valence-electron chi connectivity index (χ0n) is 95.6. The van der Waals surface area contributed by atoms with Gasteiger partial charge in [0.15, 0.2) is 5.95 Å². The minimum absolute atomic E-state index is 0.156. The average Bonchev–Trinajstić information content (AvgIpc) is 1.17. The van der Waals surface area contributed by atoms with Gasteiger partial charge in [0.1, 0.15) is 40.7 Å². The summed E-state index contributed by atoms with van der Waals surface area (Å²) < 4.78 is 12.6. The van der Waals surface area contributed by atoms with Crippen molar-refractivity contribution < 1.29 is 14.0 Å². The topological polar surface area (TPSA) is 352 Å². The quantitative estimate of drug-likeness (QED) is 0.0213. The van der Waals surface area contributed by atoms with Gasteiger partial charge >= 0.3 is 0 Å². The van der Waals surface area contributed by atoms with Crippen LogP contribution < -0.4 is 93.0 Å². The van der Waals surface area contributed by atoms with E-state index >= 15 is 0 Å². The van der Waals surface area contributed by atoms with E-state index in [9.17, 15) is 18.8 Å². The van der Waals surface area contributed by atoms with E-state index in [1.165, 1.54) is 82.8 Å². The smallest absolute Gasteiger partial charge is 0.252 e. The van der Waals surface area contributed by atoms with Gasteiger partial charge in [0.2, 0.25) is 11.9 Å². The minimum atomic E-state index is -0.620. The number of anilines is 8. The predicted octanol–water partition coefficient (Wildman–Crippen LogP) is 17.4. The number of nitrogens with one attached hydrogen (secondary N) is 11. The number of hydrogen-bond donors (Lipinski definition) is 11. The molecule has 0 amide bonds. The zero-order chi connectivity index (χ0) is 108. The maximum absolute atomic E-state index is 12.6. The number of rotatable bonds is 27. The number of Topliss-reactive ketones (excluding diaryl/α,β-unsaturated/α-hetero) is 2. The molecule has 9 aliphatic rings. The fraction of sp³-hybridized carbons (Fsp3) is 0.672. The van der Waals surface area contributed by atoms with Crippen molar-refractivity contribution in [2.75, 3.05) is 131 Å². The third-order valence-corrected chi connectivity index (χ3v) is 27.7. The van der Waals surface area contributed by atoms with Gasteiger partial charge in [-0.1, -0.05) is 149 Å². The Morgan fingerprint density at radius 2 is 0.577 bits per heavy atom. The number of aromatic nitrogens is 12. The van der Waals surface area contributed by atoms with Gasteiger partial charge < -0.3 is 87.5 Å². The first kappa shape index (κ1) is 124. The maximum atomic E-state index is 12.6. The molecule has 17 rings (SSSR count). The number of halogens is 1. The highest BCUT2D eigenvalue weighted by atomic mass is 19.1. The number of pyridine rings is 4. The molecule has 8 aromatic rings. The molecule has 0 bridgehead atoms. The number of aromatic amines is 1.